The monoisotopic (exact) mass is 188 g/mol. The van der Waals surface area contributed by atoms with Crippen molar-refractivity contribution in [3.05, 3.63) is 48.6 Å². The first-order valence-corrected chi connectivity index (χ1v) is 4.63. The fourth-order valence-corrected chi connectivity index (χ4v) is 1.38. The summed E-state index contributed by atoms with van der Waals surface area (Å²) in [5, 5.41) is 9.23. The van der Waals surface area contributed by atoms with Gasteiger partial charge in [-0.2, -0.15) is 0 Å². The van der Waals surface area contributed by atoms with Crippen LogP contribution in [0.1, 0.15) is 6.42 Å². The minimum absolute atomic E-state index is 0.0850. The van der Waals surface area contributed by atoms with E-state index in [2.05, 4.69) is 6.08 Å². The molecule has 1 aromatic carbocycles. The fourth-order valence-electron chi connectivity index (χ4n) is 1.38. The third kappa shape index (κ3) is 2.16. The summed E-state index contributed by atoms with van der Waals surface area (Å²) in [6.07, 6.45) is 9.00. The van der Waals surface area contributed by atoms with Crippen LogP contribution in [0.15, 0.2) is 48.6 Å². The highest BCUT2D eigenvalue weighted by Gasteiger charge is 2.06. The van der Waals surface area contributed by atoms with E-state index in [1.807, 2.05) is 24.3 Å². The van der Waals surface area contributed by atoms with E-state index in [1.165, 1.54) is 0 Å². The highest BCUT2D eigenvalue weighted by Crippen LogP contribution is 2.20. The molecule has 2 nitrogen and oxygen atoms in total. The van der Waals surface area contributed by atoms with Gasteiger partial charge in [-0.1, -0.05) is 24.3 Å². The first kappa shape index (κ1) is 8.88. The Balaban J connectivity index is 2.04. The molecule has 2 heteroatoms. The van der Waals surface area contributed by atoms with E-state index in [0.717, 1.165) is 6.42 Å². The maximum atomic E-state index is 9.23. The summed E-state index contributed by atoms with van der Waals surface area (Å²) in [5.41, 5.74) is 0. The Kier molecular flexibility index (Phi) is 2.54. The Morgan fingerprint density at radius 2 is 2.21 bits per heavy atom. The lowest BCUT2D eigenvalue weighted by Gasteiger charge is -2.15. The van der Waals surface area contributed by atoms with Gasteiger partial charge >= 0.3 is 0 Å². The molecule has 0 amide bonds. The molecule has 0 spiro atoms. The zero-order valence-electron chi connectivity index (χ0n) is 7.76. The van der Waals surface area contributed by atoms with Gasteiger partial charge in [0.2, 0.25) is 0 Å². The minimum atomic E-state index is 0.0850. The van der Waals surface area contributed by atoms with Crippen LogP contribution in [0.2, 0.25) is 0 Å². The number of aromatic hydroxyl groups is 1. The van der Waals surface area contributed by atoms with E-state index < -0.39 is 0 Å². The van der Waals surface area contributed by atoms with Gasteiger partial charge in [0.25, 0.3) is 0 Å². The van der Waals surface area contributed by atoms with Crippen LogP contribution in [-0.2, 0) is 0 Å². The summed E-state index contributed by atoms with van der Waals surface area (Å²) in [4.78, 5) is 0. The van der Waals surface area contributed by atoms with Crippen LogP contribution in [0.5, 0.6) is 11.5 Å². The van der Waals surface area contributed by atoms with Crippen molar-refractivity contribution in [2.24, 2.45) is 0 Å². The van der Waals surface area contributed by atoms with Gasteiger partial charge in [0.05, 0.1) is 0 Å². The first-order chi connectivity index (χ1) is 6.84. The quantitative estimate of drug-likeness (QED) is 0.773. The average molecular weight is 188 g/mol. The molecule has 0 aromatic heterocycles. The molecule has 0 fully saturated rings. The van der Waals surface area contributed by atoms with Crippen molar-refractivity contribution < 1.29 is 9.84 Å². The molecule has 1 aliphatic rings. The van der Waals surface area contributed by atoms with E-state index in [4.69, 9.17) is 4.74 Å². The summed E-state index contributed by atoms with van der Waals surface area (Å²) >= 11 is 0. The van der Waals surface area contributed by atoms with Crippen LogP contribution in [-0.4, -0.2) is 11.2 Å². The topological polar surface area (TPSA) is 29.5 Å². The summed E-state index contributed by atoms with van der Waals surface area (Å²) < 4.78 is 5.64. The van der Waals surface area contributed by atoms with E-state index in [-0.39, 0.29) is 11.9 Å². The van der Waals surface area contributed by atoms with Crippen molar-refractivity contribution in [3.63, 3.8) is 0 Å². The summed E-state index contributed by atoms with van der Waals surface area (Å²) in [6, 6.07) is 6.86. The predicted octanol–water partition coefficient (Wildman–Crippen LogP) is 2.66. The van der Waals surface area contributed by atoms with Gasteiger partial charge < -0.3 is 9.84 Å². The van der Waals surface area contributed by atoms with Crippen molar-refractivity contribution in [2.75, 3.05) is 0 Å². The molecule has 1 aromatic rings. The number of hydrogen-bond donors (Lipinski definition) is 1. The van der Waals surface area contributed by atoms with Crippen LogP contribution >= 0.6 is 0 Å². The third-order valence-corrected chi connectivity index (χ3v) is 2.05. The van der Waals surface area contributed by atoms with Gasteiger partial charge in [-0.15, -0.1) is 0 Å². The molecular weight excluding hydrogens is 176 g/mol. The van der Waals surface area contributed by atoms with Crippen LogP contribution < -0.4 is 4.74 Å². The molecule has 1 unspecified atom stereocenters. The number of hydrogen-bond acceptors (Lipinski definition) is 2. The second kappa shape index (κ2) is 4.01. The fraction of sp³-hybridized carbons (Fsp3) is 0.167. The number of ether oxygens (including phenoxy) is 1. The largest absolute Gasteiger partial charge is 0.508 e. The number of benzene rings is 1. The van der Waals surface area contributed by atoms with Crippen molar-refractivity contribution >= 4 is 0 Å². The molecule has 0 saturated heterocycles. The van der Waals surface area contributed by atoms with Gasteiger partial charge in [-0.05, 0) is 18.2 Å². The summed E-state index contributed by atoms with van der Waals surface area (Å²) in [5.74, 6) is 0.938. The molecule has 0 saturated carbocycles. The molecule has 0 bridgehead atoms. The van der Waals surface area contributed by atoms with Gasteiger partial charge in [-0.3, -0.25) is 0 Å². The standard InChI is InChI=1S/C12H12O2/c13-10-5-4-8-12(9-10)14-11-6-2-1-3-7-11/h1-6,8-9,11,13H,7H2. The molecule has 0 heterocycles. The number of phenols is 1. The molecule has 72 valence electrons. The molecule has 14 heavy (non-hydrogen) atoms. The second-order valence-corrected chi connectivity index (χ2v) is 3.20. The molecule has 1 atom stereocenters. The molecular formula is C12H12O2. The van der Waals surface area contributed by atoms with E-state index >= 15 is 0 Å². The first-order valence-electron chi connectivity index (χ1n) is 4.63. The number of phenolic OH excluding ortho intramolecular Hbond substituents is 1. The van der Waals surface area contributed by atoms with Crippen LogP contribution in [0.25, 0.3) is 0 Å². The third-order valence-electron chi connectivity index (χ3n) is 2.05. The Morgan fingerprint density at radius 3 is 2.93 bits per heavy atom. The molecule has 2 rings (SSSR count). The molecule has 1 aliphatic carbocycles. The molecule has 0 aliphatic heterocycles. The minimum Gasteiger partial charge on any atom is -0.508 e. The van der Waals surface area contributed by atoms with Gasteiger partial charge in [0, 0.05) is 12.5 Å². The Labute approximate surface area is 83.1 Å². The lowest BCUT2D eigenvalue weighted by atomic mass is 10.1. The van der Waals surface area contributed by atoms with E-state index in [9.17, 15) is 5.11 Å². The van der Waals surface area contributed by atoms with Crippen LogP contribution in [0.4, 0.5) is 0 Å². The van der Waals surface area contributed by atoms with E-state index in [1.54, 1.807) is 18.2 Å². The van der Waals surface area contributed by atoms with Crippen molar-refractivity contribution in [1.82, 2.24) is 0 Å². The Hall–Kier alpha value is -1.70. The second-order valence-electron chi connectivity index (χ2n) is 3.20. The molecule has 1 N–H and O–H groups in total. The lowest BCUT2D eigenvalue weighted by Crippen LogP contribution is -2.13. The predicted molar refractivity (Wildman–Crippen MR) is 55.4 cm³/mol. The van der Waals surface area contributed by atoms with Gasteiger partial charge in [0.1, 0.15) is 17.6 Å². The zero-order chi connectivity index (χ0) is 9.80. The van der Waals surface area contributed by atoms with E-state index in [0.29, 0.717) is 5.75 Å². The van der Waals surface area contributed by atoms with Crippen molar-refractivity contribution in [1.29, 1.82) is 0 Å². The lowest BCUT2D eigenvalue weighted by molar-refractivity contribution is 0.250. The zero-order valence-corrected chi connectivity index (χ0v) is 7.76. The maximum Gasteiger partial charge on any atom is 0.123 e. The van der Waals surface area contributed by atoms with Crippen LogP contribution in [0, 0.1) is 0 Å². The normalized spacial score (nSPS) is 19.6. The smallest absolute Gasteiger partial charge is 0.123 e. The number of allylic oxidation sites excluding steroid dienone is 2. The highest BCUT2D eigenvalue weighted by atomic mass is 16.5. The van der Waals surface area contributed by atoms with Gasteiger partial charge in [0.15, 0.2) is 0 Å². The van der Waals surface area contributed by atoms with Gasteiger partial charge in [-0.25, -0.2) is 0 Å². The Morgan fingerprint density at radius 1 is 1.29 bits per heavy atom. The SMILES string of the molecule is Oc1cccc(OC2C=CC=CC2)c1. The van der Waals surface area contributed by atoms with Crippen LogP contribution in [0.3, 0.4) is 0 Å². The average Bonchev–Trinajstić information content (AvgIpc) is 2.19. The Bertz CT molecular complexity index is 366. The summed E-state index contributed by atoms with van der Waals surface area (Å²) in [7, 11) is 0. The number of rotatable bonds is 2. The molecule has 0 radical (unpaired) electrons. The highest BCUT2D eigenvalue weighted by molar-refractivity contribution is 5.32. The summed E-state index contributed by atoms with van der Waals surface area (Å²) in [6.45, 7) is 0. The van der Waals surface area contributed by atoms with Crippen molar-refractivity contribution in [2.45, 2.75) is 12.5 Å². The maximum absolute atomic E-state index is 9.23. The van der Waals surface area contributed by atoms with Crippen molar-refractivity contribution in [3.8, 4) is 11.5 Å².